The van der Waals surface area contributed by atoms with Gasteiger partial charge in [-0.05, 0) is 17.9 Å². The summed E-state index contributed by atoms with van der Waals surface area (Å²) < 4.78 is 5.01. The van der Waals surface area contributed by atoms with Crippen molar-refractivity contribution in [2.75, 3.05) is 0 Å². The quantitative estimate of drug-likeness (QED) is 0.841. The van der Waals surface area contributed by atoms with Gasteiger partial charge in [0.2, 0.25) is 6.29 Å². The summed E-state index contributed by atoms with van der Waals surface area (Å²) in [5.41, 5.74) is 0.906. The van der Waals surface area contributed by atoms with E-state index in [4.69, 9.17) is 4.74 Å². The van der Waals surface area contributed by atoms with Crippen molar-refractivity contribution in [2.24, 2.45) is 5.92 Å². The number of nitrogens with one attached hydrogen (secondary N) is 1. The molecular formula is C14H18NO3. The summed E-state index contributed by atoms with van der Waals surface area (Å²) >= 11 is 0. The fourth-order valence-corrected chi connectivity index (χ4v) is 1.51. The molecule has 4 heteroatoms. The number of carbonyl (C=O) groups excluding carboxylic acids is 2. The van der Waals surface area contributed by atoms with Crippen molar-refractivity contribution in [3.8, 4) is 0 Å². The lowest BCUT2D eigenvalue weighted by Crippen LogP contribution is -2.37. The highest BCUT2D eigenvalue weighted by Gasteiger charge is 2.14. The van der Waals surface area contributed by atoms with E-state index >= 15 is 0 Å². The van der Waals surface area contributed by atoms with Crippen LogP contribution >= 0.6 is 0 Å². The predicted octanol–water partition coefficient (Wildman–Crippen LogP) is 2.44. The monoisotopic (exact) mass is 248 g/mol. The van der Waals surface area contributed by atoms with Gasteiger partial charge in [-0.1, -0.05) is 44.2 Å². The second kappa shape index (κ2) is 7.48. The Labute approximate surface area is 107 Å². The molecule has 0 bridgehead atoms. The Bertz CT molecular complexity index is 376. The van der Waals surface area contributed by atoms with Crippen LogP contribution in [0.5, 0.6) is 0 Å². The van der Waals surface area contributed by atoms with Crippen molar-refractivity contribution >= 4 is 12.4 Å². The van der Waals surface area contributed by atoms with E-state index in [1.54, 1.807) is 6.29 Å². The van der Waals surface area contributed by atoms with Crippen LogP contribution in [-0.2, 0) is 16.1 Å². The van der Waals surface area contributed by atoms with Gasteiger partial charge in [-0.2, -0.15) is 0 Å². The van der Waals surface area contributed by atoms with E-state index in [0.717, 1.165) is 5.56 Å². The van der Waals surface area contributed by atoms with Gasteiger partial charge in [-0.25, -0.2) is 4.79 Å². The summed E-state index contributed by atoms with van der Waals surface area (Å²) in [7, 11) is 0. The molecule has 0 aliphatic carbocycles. The van der Waals surface area contributed by atoms with Gasteiger partial charge < -0.3 is 10.1 Å². The molecule has 97 valence electrons. The fraction of sp³-hybridized carbons (Fsp3) is 0.429. The van der Waals surface area contributed by atoms with Crippen molar-refractivity contribution in [2.45, 2.75) is 32.9 Å². The fourth-order valence-electron chi connectivity index (χ4n) is 1.51. The minimum atomic E-state index is -0.603. The maximum atomic E-state index is 11.5. The first-order valence-corrected chi connectivity index (χ1v) is 5.96. The molecule has 1 aromatic rings. The smallest absolute Gasteiger partial charge is 0.408 e. The number of ether oxygens (including phenoxy) is 1. The molecule has 1 amide bonds. The van der Waals surface area contributed by atoms with Crippen molar-refractivity contribution in [3.63, 3.8) is 0 Å². The first-order chi connectivity index (χ1) is 8.61. The van der Waals surface area contributed by atoms with Gasteiger partial charge in [-0.3, -0.25) is 4.79 Å². The lowest BCUT2D eigenvalue weighted by atomic mass is 10.1. The lowest BCUT2D eigenvalue weighted by Gasteiger charge is -2.14. The van der Waals surface area contributed by atoms with Crippen LogP contribution in [0.1, 0.15) is 25.8 Å². The summed E-state index contributed by atoms with van der Waals surface area (Å²) in [6.07, 6.45) is 1.77. The number of amides is 1. The van der Waals surface area contributed by atoms with E-state index in [-0.39, 0.29) is 6.61 Å². The molecule has 0 saturated carbocycles. The van der Waals surface area contributed by atoms with Crippen LogP contribution in [0.4, 0.5) is 4.79 Å². The van der Waals surface area contributed by atoms with Crippen LogP contribution in [0.15, 0.2) is 30.3 Å². The third-order valence-electron chi connectivity index (χ3n) is 2.35. The van der Waals surface area contributed by atoms with E-state index in [0.29, 0.717) is 12.3 Å². The Kier molecular flexibility index (Phi) is 5.91. The van der Waals surface area contributed by atoms with E-state index in [2.05, 4.69) is 5.32 Å². The molecule has 0 saturated heterocycles. The van der Waals surface area contributed by atoms with Gasteiger partial charge in [0.05, 0.1) is 6.04 Å². The molecule has 4 nitrogen and oxygen atoms in total. The topological polar surface area (TPSA) is 55.4 Å². The summed E-state index contributed by atoms with van der Waals surface area (Å²) in [4.78, 5) is 22.1. The first kappa shape index (κ1) is 14.2. The van der Waals surface area contributed by atoms with Gasteiger partial charge in [-0.15, -0.1) is 0 Å². The third-order valence-corrected chi connectivity index (χ3v) is 2.35. The number of carbonyl (C=O) groups is 1. The Morgan fingerprint density at radius 3 is 2.56 bits per heavy atom. The van der Waals surface area contributed by atoms with Gasteiger partial charge in [0.15, 0.2) is 0 Å². The summed E-state index contributed by atoms with van der Waals surface area (Å²) in [5, 5.41) is 2.48. The van der Waals surface area contributed by atoms with Gasteiger partial charge in [0.25, 0.3) is 0 Å². The normalized spacial score (nSPS) is 11.9. The number of hydrogen-bond acceptors (Lipinski definition) is 3. The van der Waals surface area contributed by atoms with E-state index in [1.807, 2.05) is 44.2 Å². The zero-order chi connectivity index (χ0) is 13.4. The van der Waals surface area contributed by atoms with Crippen molar-refractivity contribution in [1.82, 2.24) is 5.32 Å². The van der Waals surface area contributed by atoms with Crippen LogP contribution < -0.4 is 5.32 Å². The molecule has 1 radical (unpaired) electrons. The molecule has 1 N–H and O–H groups in total. The maximum absolute atomic E-state index is 11.5. The lowest BCUT2D eigenvalue weighted by molar-refractivity contribution is 0.137. The van der Waals surface area contributed by atoms with Crippen LogP contribution in [-0.4, -0.2) is 18.4 Å². The Balaban J connectivity index is 2.34. The molecule has 1 aromatic carbocycles. The molecule has 0 fully saturated rings. The highest BCUT2D eigenvalue weighted by Crippen LogP contribution is 2.04. The van der Waals surface area contributed by atoms with Gasteiger partial charge in [0, 0.05) is 0 Å². The molecule has 0 spiro atoms. The number of alkyl carbamates (subject to hydrolysis) is 1. The van der Waals surface area contributed by atoms with Crippen molar-refractivity contribution in [1.29, 1.82) is 0 Å². The Hall–Kier alpha value is -1.84. The summed E-state index contributed by atoms with van der Waals surface area (Å²) in [5.74, 6) is 0.311. The van der Waals surface area contributed by atoms with Gasteiger partial charge in [0.1, 0.15) is 6.61 Å². The van der Waals surface area contributed by atoms with Crippen LogP contribution in [0.2, 0.25) is 0 Å². The zero-order valence-electron chi connectivity index (χ0n) is 10.7. The number of rotatable bonds is 6. The molecule has 1 atom stereocenters. The average molecular weight is 248 g/mol. The van der Waals surface area contributed by atoms with Crippen molar-refractivity contribution < 1.29 is 14.3 Å². The van der Waals surface area contributed by atoms with Crippen molar-refractivity contribution in [3.05, 3.63) is 35.9 Å². The zero-order valence-corrected chi connectivity index (χ0v) is 10.7. The minimum absolute atomic E-state index is 0.194. The molecule has 18 heavy (non-hydrogen) atoms. The Morgan fingerprint density at radius 1 is 1.33 bits per heavy atom. The minimum Gasteiger partial charge on any atom is -0.445 e. The van der Waals surface area contributed by atoms with Crippen LogP contribution in [0, 0.1) is 5.92 Å². The second-order valence-electron chi connectivity index (χ2n) is 4.51. The largest absolute Gasteiger partial charge is 0.445 e. The highest BCUT2D eigenvalue weighted by atomic mass is 16.5. The Morgan fingerprint density at radius 2 is 2.00 bits per heavy atom. The number of benzene rings is 1. The SMILES string of the molecule is CC(C)CC([C]=O)NC(=O)OCc1ccccc1. The highest BCUT2D eigenvalue weighted by molar-refractivity contribution is 5.73. The summed E-state index contributed by atoms with van der Waals surface area (Å²) in [6.45, 7) is 4.14. The van der Waals surface area contributed by atoms with E-state index < -0.39 is 12.1 Å². The standard InChI is InChI=1S/C14H18NO3/c1-11(2)8-13(9-16)15-14(17)18-10-12-6-4-3-5-7-12/h3-7,11,13H,8,10H2,1-2H3,(H,15,17). The third kappa shape index (κ3) is 5.48. The predicted molar refractivity (Wildman–Crippen MR) is 68.7 cm³/mol. The second-order valence-corrected chi connectivity index (χ2v) is 4.51. The van der Waals surface area contributed by atoms with Crippen LogP contribution in [0.25, 0.3) is 0 Å². The van der Waals surface area contributed by atoms with Crippen LogP contribution in [0.3, 0.4) is 0 Å². The maximum Gasteiger partial charge on any atom is 0.408 e. The molecule has 0 aliphatic heterocycles. The first-order valence-electron chi connectivity index (χ1n) is 5.96. The molecule has 0 aromatic heterocycles. The van der Waals surface area contributed by atoms with E-state index in [1.165, 1.54) is 0 Å². The molecular weight excluding hydrogens is 230 g/mol. The van der Waals surface area contributed by atoms with E-state index in [9.17, 15) is 9.59 Å². The molecule has 0 aliphatic rings. The number of hydrogen-bond donors (Lipinski definition) is 1. The molecule has 0 heterocycles. The molecule has 1 unspecified atom stereocenters. The summed E-state index contributed by atoms with van der Waals surface area (Å²) in [6, 6.07) is 8.77. The van der Waals surface area contributed by atoms with Gasteiger partial charge >= 0.3 is 6.09 Å². The average Bonchev–Trinajstić information content (AvgIpc) is 2.36. The molecule has 1 rings (SSSR count).